The van der Waals surface area contributed by atoms with Crippen LogP contribution in [0.1, 0.15) is 0 Å². The molecule has 0 amide bonds. The molecule has 11 rings (SSSR count). The molecule has 0 aliphatic rings. The summed E-state index contributed by atoms with van der Waals surface area (Å²) in [6.07, 6.45) is 0. The Kier molecular flexibility index (Phi) is 5.96. The van der Waals surface area contributed by atoms with Gasteiger partial charge in [0, 0.05) is 43.6 Å². The molecule has 3 heteroatoms. The normalized spacial score (nSPS) is 11.9. The van der Waals surface area contributed by atoms with Crippen LogP contribution in [-0.2, 0) is 0 Å². The highest BCUT2D eigenvalue weighted by Crippen LogP contribution is 2.41. The van der Waals surface area contributed by atoms with E-state index >= 15 is 0 Å². The van der Waals surface area contributed by atoms with Crippen molar-refractivity contribution in [3.05, 3.63) is 176 Å². The molecule has 238 valence electrons. The first-order valence-electron chi connectivity index (χ1n) is 17.3. The van der Waals surface area contributed by atoms with E-state index in [2.05, 4.69) is 168 Å². The number of para-hydroxylation sites is 3. The number of rotatable bonds is 4. The summed E-state index contributed by atoms with van der Waals surface area (Å²) in [7, 11) is 0. The second-order valence-corrected chi connectivity index (χ2v) is 13.3. The predicted octanol–water partition coefficient (Wildman–Crippen LogP) is 13.6. The number of fused-ring (bicyclic) bond motifs is 9. The highest BCUT2D eigenvalue weighted by molar-refractivity contribution is 6.14. The topological polar surface area (TPSA) is 31.2 Å². The minimum absolute atomic E-state index is 0.882. The van der Waals surface area contributed by atoms with Gasteiger partial charge in [0.1, 0.15) is 22.3 Å². The Labute approximate surface area is 293 Å². The highest BCUT2D eigenvalue weighted by Gasteiger charge is 2.17. The summed E-state index contributed by atoms with van der Waals surface area (Å²) >= 11 is 0. The maximum absolute atomic E-state index is 6.65. The fraction of sp³-hybridized carbons (Fsp3) is 0. The lowest BCUT2D eigenvalue weighted by atomic mass is 9.98. The van der Waals surface area contributed by atoms with Crippen LogP contribution in [0.3, 0.4) is 0 Å². The SMILES string of the molecule is c1ccc(-c2ccc(-n3c4ccccc4c4cc(-c5cccc6c5oc5ccc(-c7ccc8oc9ccccc9c8c7)cc56)ccc43)cc2)cc1. The number of hydrogen-bond acceptors (Lipinski definition) is 2. The molecule has 0 N–H and O–H groups in total. The Balaban J connectivity index is 1.03. The van der Waals surface area contributed by atoms with Gasteiger partial charge in [0.05, 0.1) is 11.0 Å². The number of benzene rings is 8. The van der Waals surface area contributed by atoms with Crippen molar-refractivity contribution in [2.45, 2.75) is 0 Å². The average molecular weight is 652 g/mol. The summed E-state index contributed by atoms with van der Waals surface area (Å²) in [5, 5.41) is 6.93. The maximum Gasteiger partial charge on any atom is 0.143 e. The van der Waals surface area contributed by atoms with Gasteiger partial charge in [-0.25, -0.2) is 0 Å². The van der Waals surface area contributed by atoms with Crippen LogP contribution in [0.5, 0.6) is 0 Å². The molecule has 0 saturated carbocycles. The van der Waals surface area contributed by atoms with Crippen molar-refractivity contribution in [3.63, 3.8) is 0 Å². The lowest BCUT2D eigenvalue weighted by Crippen LogP contribution is -1.93. The van der Waals surface area contributed by atoms with Gasteiger partial charge >= 0.3 is 0 Å². The van der Waals surface area contributed by atoms with Gasteiger partial charge in [0.2, 0.25) is 0 Å². The summed E-state index contributed by atoms with van der Waals surface area (Å²) < 4.78 is 15.1. The number of nitrogens with zero attached hydrogens (tertiary/aromatic N) is 1. The van der Waals surface area contributed by atoms with Crippen LogP contribution in [0.2, 0.25) is 0 Å². The third-order valence-corrected chi connectivity index (χ3v) is 10.4. The van der Waals surface area contributed by atoms with Gasteiger partial charge in [-0.05, 0) is 88.5 Å². The van der Waals surface area contributed by atoms with Gasteiger partial charge in [-0.1, -0.05) is 115 Å². The van der Waals surface area contributed by atoms with Crippen LogP contribution < -0.4 is 0 Å². The molecule has 0 unspecified atom stereocenters. The summed E-state index contributed by atoms with van der Waals surface area (Å²) in [6.45, 7) is 0. The third kappa shape index (κ3) is 4.32. The van der Waals surface area contributed by atoms with Crippen molar-refractivity contribution in [1.82, 2.24) is 4.57 Å². The molecule has 0 bridgehead atoms. The van der Waals surface area contributed by atoms with Crippen LogP contribution in [0.4, 0.5) is 0 Å². The standard InChI is InChI=1S/C48H29NO2/c1-2-9-30(10-3-1)31-17-22-35(23-18-31)49-43-15-6-4-11-37(43)40-29-34(19-24-44(40)49)36-13-8-14-39-42-28-33(21-26-47(42)51-48(36)39)32-20-25-46-41(27-32)38-12-5-7-16-45(38)50-46/h1-29H. The van der Waals surface area contributed by atoms with Crippen molar-refractivity contribution in [3.8, 4) is 39.1 Å². The minimum Gasteiger partial charge on any atom is -0.456 e. The summed E-state index contributed by atoms with van der Waals surface area (Å²) in [5.74, 6) is 0. The van der Waals surface area contributed by atoms with Gasteiger partial charge in [0.15, 0.2) is 0 Å². The molecule has 0 fully saturated rings. The zero-order valence-electron chi connectivity index (χ0n) is 27.5. The van der Waals surface area contributed by atoms with Crippen LogP contribution >= 0.6 is 0 Å². The molecule has 0 aliphatic carbocycles. The summed E-state index contributed by atoms with van der Waals surface area (Å²) in [6, 6.07) is 62.6. The van der Waals surface area contributed by atoms with Crippen molar-refractivity contribution < 1.29 is 8.83 Å². The first-order valence-corrected chi connectivity index (χ1v) is 17.3. The van der Waals surface area contributed by atoms with Crippen molar-refractivity contribution in [1.29, 1.82) is 0 Å². The van der Waals surface area contributed by atoms with Gasteiger partial charge in [-0.2, -0.15) is 0 Å². The maximum atomic E-state index is 6.65. The van der Waals surface area contributed by atoms with E-state index in [0.29, 0.717) is 0 Å². The fourth-order valence-corrected chi connectivity index (χ4v) is 7.96. The van der Waals surface area contributed by atoms with Crippen molar-refractivity contribution in [2.75, 3.05) is 0 Å². The van der Waals surface area contributed by atoms with Gasteiger partial charge in [-0.3, -0.25) is 0 Å². The van der Waals surface area contributed by atoms with E-state index in [1.165, 1.54) is 32.9 Å². The molecule has 0 saturated heterocycles. The zero-order chi connectivity index (χ0) is 33.5. The third-order valence-electron chi connectivity index (χ3n) is 10.4. The minimum atomic E-state index is 0.882. The highest BCUT2D eigenvalue weighted by atomic mass is 16.3. The number of hydrogen-bond donors (Lipinski definition) is 0. The quantitative estimate of drug-likeness (QED) is 0.190. The smallest absolute Gasteiger partial charge is 0.143 e. The van der Waals surface area contributed by atoms with Crippen LogP contribution in [0, 0.1) is 0 Å². The fourth-order valence-electron chi connectivity index (χ4n) is 7.96. The van der Waals surface area contributed by atoms with Gasteiger partial charge < -0.3 is 13.4 Å². The van der Waals surface area contributed by atoms with Crippen LogP contribution in [0.15, 0.2) is 185 Å². The van der Waals surface area contributed by atoms with Crippen molar-refractivity contribution >= 4 is 65.7 Å². The first kappa shape index (κ1) is 28.0. The molecule has 3 nitrogen and oxygen atoms in total. The lowest BCUT2D eigenvalue weighted by molar-refractivity contribution is 0.669. The molecule has 0 radical (unpaired) electrons. The van der Waals surface area contributed by atoms with E-state index in [1.807, 2.05) is 12.1 Å². The molecule has 3 heterocycles. The van der Waals surface area contributed by atoms with Gasteiger partial charge in [-0.15, -0.1) is 0 Å². The molecule has 0 spiro atoms. The molecule has 11 aromatic rings. The summed E-state index contributed by atoms with van der Waals surface area (Å²) in [4.78, 5) is 0. The van der Waals surface area contributed by atoms with E-state index in [0.717, 1.165) is 71.8 Å². The summed E-state index contributed by atoms with van der Waals surface area (Å²) in [5.41, 5.74) is 14.1. The number of furan rings is 2. The predicted molar refractivity (Wildman–Crippen MR) is 212 cm³/mol. The molecular formula is C48H29NO2. The van der Waals surface area contributed by atoms with E-state index < -0.39 is 0 Å². The number of aromatic nitrogens is 1. The van der Waals surface area contributed by atoms with Crippen molar-refractivity contribution in [2.24, 2.45) is 0 Å². The van der Waals surface area contributed by atoms with Crippen LogP contribution in [-0.4, -0.2) is 4.57 Å². The monoisotopic (exact) mass is 651 g/mol. The Bertz CT molecular complexity index is 3120. The average Bonchev–Trinajstić information content (AvgIpc) is 3.87. The molecule has 51 heavy (non-hydrogen) atoms. The molecule has 3 aromatic heterocycles. The lowest BCUT2D eigenvalue weighted by Gasteiger charge is -2.10. The van der Waals surface area contributed by atoms with E-state index in [1.54, 1.807) is 0 Å². The van der Waals surface area contributed by atoms with Crippen LogP contribution in [0.25, 0.3) is 105 Å². The Hall–Kier alpha value is -6.84. The Morgan fingerprint density at radius 3 is 1.71 bits per heavy atom. The van der Waals surface area contributed by atoms with E-state index in [9.17, 15) is 0 Å². The van der Waals surface area contributed by atoms with E-state index in [-0.39, 0.29) is 0 Å². The second-order valence-electron chi connectivity index (χ2n) is 13.3. The van der Waals surface area contributed by atoms with Gasteiger partial charge in [0.25, 0.3) is 0 Å². The van der Waals surface area contributed by atoms with E-state index in [4.69, 9.17) is 8.83 Å². The second kappa shape index (κ2) is 10.8. The first-order chi connectivity index (χ1) is 25.3. The molecule has 0 aliphatic heterocycles. The Morgan fingerprint density at radius 1 is 0.314 bits per heavy atom. The zero-order valence-corrected chi connectivity index (χ0v) is 27.5. The Morgan fingerprint density at radius 2 is 0.882 bits per heavy atom. The molecule has 8 aromatic carbocycles. The molecule has 0 atom stereocenters. The largest absolute Gasteiger partial charge is 0.456 e. The molecular weight excluding hydrogens is 623 g/mol.